The van der Waals surface area contributed by atoms with Gasteiger partial charge in [0.05, 0.1) is 63.1 Å². The number of ether oxygens (including phenoxy) is 2. The van der Waals surface area contributed by atoms with Crippen molar-refractivity contribution in [2.45, 2.75) is 70.3 Å². The highest BCUT2D eigenvalue weighted by Gasteiger charge is 2.62. The van der Waals surface area contributed by atoms with Crippen LogP contribution in [0, 0.1) is 23.7 Å². The summed E-state index contributed by atoms with van der Waals surface area (Å²) in [6, 6.07) is 10.5. The number of benzene rings is 2. The first-order valence-corrected chi connectivity index (χ1v) is 28.2. The van der Waals surface area contributed by atoms with Gasteiger partial charge < -0.3 is 55.7 Å². The van der Waals surface area contributed by atoms with Gasteiger partial charge in [-0.25, -0.2) is 9.79 Å². The molecular formula is C58H86N10O13. The number of nitrogens with two attached hydrogens (primary N) is 1. The summed E-state index contributed by atoms with van der Waals surface area (Å²) in [6.45, 7) is 8.09. The number of likely N-dealkylation sites (N-methyl/N-ethyl adjacent to an activating group) is 1. The molecule has 7 N–H and O–H groups in total. The third-order valence-corrected chi connectivity index (χ3v) is 16.7. The molecule has 5 fully saturated rings. The maximum atomic E-state index is 14.1. The molecule has 7 rings (SSSR count). The fourth-order valence-electron chi connectivity index (χ4n) is 12.5. The molecule has 2 aromatic rings. The summed E-state index contributed by atoms with van der Waals surface area (Å²) in [5.41, 5.74) is 7.40. The zero-order valence-electron chi connectivity index (χ0n) is 48.3. The van der Waals surface area contributed by atoms with E-state index in [-0.39, 0.29) is 93.3 Å². The van der Waals surface area contributed by atoms with Crippen LogP contribution in [0.4, 0.5) is 5.69 Å². The van der Waals surface area contributed by atoms with Crippen molar-refractivity contribution in [2.75, 3.05) is 140 Å². The Kier molecular flexibility index (Phi) is 23.0. The summed E-state index contributed by atoms with van der Waals surface area (Å²) in [4.78, 5) is 107. The largest absolute Gasteiger partial charge is 0.496 e. The molecule has 0 aromatic heterocycles. The zero-order chi connectivity index (χ0) is 59.1. The molecule has 81 heavy (non-hydrogen) atoms. The van der Waals surface area contributed by atoms with Crippen LogP contribution in [0.25, 0.3) is 0 Å². The van der Waals surface area contributed by atoms with Gasteiger partial charge in [0.15, 0.2) is 0 Å². The number of carboxylic acid groups (broad SMARTS) is 4. The molecule has 0 atom stereocenters. The molecule has 1 saturated heterocycles. The number of carboxylic acids is 4. The van der Waals surface area contributed by atoms with E-state index >= 15 is 0 Å². The molecule has 0 spiro atoms. The van der Waals surface area contributed by atoms with Crippen molar-refractivity contribution in [3.8, 4) is 11.5 Å². The molecule has 0 radical (unpaired) electrons. The van der Waals surface area contributed by atoms with Crippen LogP contribution >= 0.6 is 0 Å². The van der Waals surface area contributed by atoms with Gasteiger partial charge in [-0.3, -0.25) is 48.4 Å². The first-order chi connectivity index (χ1) is 38.5. The second-order valence-electron chi connectivity index (χ2n) is 22.8. The summed E-state index contributed by atoms with van der Waals surface area (Å²) in [6.07, 6.45) is 6.96. The van der Waals surface area contributed by atoms with Crippen molar-refractivity contribution in [3.05, 3.63) is 64.9 Å². The summed E-state index contributed by atoms with van der Waals surface area (Å²) in [7, 11) is 8.50. The number of carbonyl (C=O) groups is 7. The van der Waals surface area contributed by atoms with E-state index in [1.54, 1.807) is 68.9 Å². The Morgan fingerprint density at radius 3 is 1.57 bits per heavy atom. The molecular weight excluding hydrogens is 1040 g/mol. The second-order valence-corrected chi connectivity index (χ2v) is 22.8. The zero-order valence-corrected chi connectivity index (χ0v) is 48.3. The third kappa shape index (κ3) is 17.2. The van der Waals surface area contributed by atoms with Gasteiger partial charge in [-0.15, -0.1) is 0 Å². The van der Waals surface area contributed by atoms with E-state index in [0.717, 1.165) is 37.7 Å². The van der Waals surface area contributed by atoms with Crippen LogP contribution in [0.5, 0.6) is 11.5 Å². The van der Waals surface area contributed by atoms with Gasteiger partial charge in [-0.05, 0) is 137 Å². The van der Waals surface area contributed by atoms with Gasteiger partial charge in [0.25, 0.3) is 11.8 Å². The van der Waals surface area contributed by atoms with Crippen LogP contribution in [-0.4, -0.2) is 248 Å². The molecule has 446 valence electrons. The molecule has 23 heteroatoms. The second kappa shape index (κ2) is 29.4. The van der Waals surface area contributed by atoms with Gasteiger partial charge in [-0.1, -0.05) is 19.9 Å². The van der Waals surface area contributed by atoms with Crippen molar-refractivity contribution < 1.29 is 63.5 Å². The first kappa shape index (κ1) is 63.5. The third-order valence-electron chi connectivity index (χ3n) is 16.7. The Labute approximate surface area is 475 Å². The lowest BCUT2D eigenvalue weighted by Gasteiger charge is -2.59. The number of methoxy groups -OCH3 is 2. The van der Waals surface area contributed by atoms with E-state index in [2.05, 4.69) is 10.2 Å². The Morgan fingerprint density at radius 2 is 1.14 bits per heavy atom. The van der Waals surface area contributed by atoms with E-state index in [1.807, 2.05) is 31.9 Å². The number of nitrogens with one attached hydrogen (secondary N) is 1. The molecule has 23 nitrogen and oxygen atoms in total. The van der Waals surface area contributed by atoms with E-state index in [1.165, 1.54) is 20.3 Å². The number of nitrogens with zero attached hydrogens (tertiary/aromatic N) is 8. The number of amides is 3. The van der Waals surface area contributed by atoms with Crippen molar-refractivity contribution in [1.82, 2.24) is 39.6 Å². The first-order valence-electron chi connectivity index (χ1n) is 28.2. The minimum absolute atomic E-state index is 0.0547. The monoisotopic (exact) mass is 1130 g/mol. The van der Waals surface area contributed by atoms with Crippen LogP contribution in [0.3, 0.4) is 0 Å². The van der Waals surface area contributed by atoms with Gasteiger partial charge in [0.1, 0.15) is 17.0 Å². The highest BCUT2D eigenvalue weighted by Crippen LogP contribution is 2.58. The van der Waals surface area contributed by atoms with E-state index in [0.29, 0.717) is 105 Å². The Morgan fingerprint density at radius 1 is 0.679 bits per heavy atom. The molecule has 1 aliphatic heterocycles. The van der Waals surface area contributed by atoms with Gasteiger partial charge in [-0.2, -0.15) is 0 Å². The molecule has 0 unspecified atom stereocenters. The Bertz CT molecular complexity index is 2550. The van der Waals surface area contributed by atoms with Crippen molar-refractivity contribution in [1.29, 1.82) is 0 Å². The average molecular weight is 1130 g/mol. The fraction of sp³-hybridized carbons (Fsp3) is 0.621. The number of allylic oxidation sites excluding steroid dienone is 1. The van der Waals surface area contributed by atoms with Crippen molar-refractivity contribution in [2.24, 2.45) is 34.4 Å². The predicted molar refractivity (Wildman–Crippen MR) is 304 cm³/mol. The van der Waals surface area contributed by atoms with Gasteiger partial charge >= 0.3 is 23.9 Å². The molecule has 1 heterocycles. The predicted octanol–water partition coefficient (Wildman–Crippen LogP) is 2.90. The highest BCUT2D eigenvalue weighted by molar-refractivity contribution is 6.16. The number of hydrogen-bond acceptors (Lipinski definition) is 16. The topological polar surface area (TPSA) is 292 Å². The van der Waals surface area contributed by atoms with Gasteiger partial charge in [0, 0.05) is 85.1 Å². The van der Waals surface area contributed by atoms with Crippen LogP contribution in [0.1, 0.15) is 86.2 Å². The highest BCUT2D eigenvalue weighted by atomic mass is 16.5. The number of aliphatic carboxylic acids is 4. The normalized spacial score (nSPS) is 22.4. The smallest absolute Gasteiger partial charge is 0.330 e. The SMILES string of the molecule is COc1cccc(OC)c1C(C=C(N)C(=O)NC1(C(=O)O)C2CC3CC(C2)CC1C3)=Nc1ccc(C(=O)N(C)CCCN(C)CCCN(C)C(=O)CN2CCN(CC(=O)O)CCN(CC(=O)O)CCN(CC(=O)O)CC2)cc1C(C)C. The van der Waals surface area contributed by atoms with Crippen molar-refractivity contribution in [3.63, 3.8) is 0 Å². The van der Waals surface area contributed by atoms with Crippen molar-refractivity contribution >= 4 is 53.0 Å². The summed E-state index contributed by atoms with van der Waals surface area (Å²) in [5, 5.41) is 42.3. The maximum absolute atomic E-state index is 14.1. The minimum Gasteiger partial charge on any atom is -0.496 e. The van der Waals surface area contributed by atoms with Crippen LogP contribution in [0.15, 0.2) is 53.2 Å². The summed E-state index contributed by atoms with van der Waals surface area (Å²) < 4.78 is 11.5. The molecule has 2 aromatic carbocycles. The van der Waals surface area contributed by atoms with E-state index in [9.17, 15) is 54.0 Å². The fourth-order valence-corrected chi connectivity index (χ4v) is 12.5. The lowest BCUT2D eigenvalue weighted by Crippen LogP contribution is -2.70. The lowest BCUT2D eigenvalue weighted by molar-refractivity contribution is -0.167. The molecule has 5 aliphatic rings. The molecule has 3 amide bonds. The van der Waals surface area contributed by atoms with E-state index < -0.39 is 35.3 Å². The summed E-state index contributed by atoms with van der Waals surface area (Å²) >= 11 is 0. The summed E-state index contributed by atoms with van der Waals surface area (Å²) in [5.74, 6) is -3.79. The quantitative estimate of drug-likeness (QED) is 0.0583. The average Bonchev–Trinajstić information content (AvgIpc) is 3.51. The Balaban J connectivity index is 1.06. The Hall–Kier alpha value is -6.66. The van der Waals surface area contributed by atoms with Crippen LogP contribution < -0.4 is 20.5 Å². The van der Waals surface area contributed by atoms with Crippen LogP contribution in [-0.2, 0) is 28.8 Å². The maximum Gasteiger partial charge on any atom is 0.330 e. The standard InChI is InChI=1S/C58H86N10O13/c1-38(2)44-32-41(13-14-46(44)60-47(54-48(80-6)11-8-12-49(54)81-7)33-45(59)55(76)61-58(57(78)79)42-28-39-27-40(30-42)31-43(58)29-39)56(77)64(5)18-10-16-62(3)15-9-17-63(4)50(69)34-65-19-21-66(35-51(70)71)23-25-68(37-53(74)75)26-24-67(22-20-65)36-52(72)73/h8,11-14,32-33,38-40,42-43H,9-10,15-31,34-37,59H2,1-7H3,(H,61,76)(H,70,71)(H,72,73)(H,74,75)(H,78,79). The number of rotatable bonds is 26. The molecule has 4 aliphatic carbocycles. The minimum atomic E-state index is -1.41. The molecule has 4 saturated carbocycles. The number of hydrogen-bond donors (Lipinski definition) is 6. The number of aliphatic imine (C=N–C) groups is 1. The number of carbonyl (C=O) groups excluding carboxylic acids is 3. The van der Waals surface area contributed by atoms with E-state index in [4.69, 9.17) is 20.2 Å². The molecule has 4 bridgehead atoms. The van der Waals surface area contributed by atoms with Gasteiger partial charge in [0.2, 0.25) is 5.91 Å². The lowest BCUT2D eigenvalue weighted by atomic mass is 9.48. The van der Waals surface area contributed by atoms with Crippen LogP contribution in [0.2, 0.25) is 0 Å².